The summed E-state index contributed by atoms with van der Waals surface area (Å²) < 4.78 is 1.80. The molecule has 1 amide bonds. The van der Waals surface area contributed by atoms with Crippen LogP contribution in [0.5, 0.6) is 0 Å². The van der Waals surface area contributed by atoms with Crippen LogP contribution >= 0.6 is 11.6 Å². The number of carboxylic acids is 1. The quantitative estimate of drug-likeness (QED) is 0.849. The van der Waals surface area contributed by atoms with Gasteiger partial charge in [0, 0.05) is 11.4 Å². The number of anilines is 1. The van der Waals surface area contributed by atoms with E-state index < -0.39 is 5.97 Å². The monoisotopic (exact) mass is 335 g/mol. The van der Waals surface area contributed by atoms with E-state index in [0.717, 1.165) is 11.3 Å². The Balaban J connectivity index is 2.11. The lowest BCUT2D eigenvalue weighted by atomic mass is 10.2. The number of aromatic nitrogens is 2. The Morgan fingerprint density at radius 3 is 2.48 bits per heavy atom. The molecule has 0 aliphatic carbocycles. The van der Waals surface area contributed by atoms with Crippen molar-refractivity contribution < 1.29 is 14.7 Å². The summed E-state index contributed by atoms with van der Waals surface area (Å²) in [5, 5.41) is 16.5. The van der Waals surface area contributed by atoms with Gasteiger partial charge in [0.25, 0.3) is 0 Å². The third-order valence-corrected chi connectivity index (χ3v) is 3.71. The van der Waals surface area contributed by atoms with Crippen LogP contribution in [0.15, 0.2) is 24.3 Å². The molecule has 0 bridgehead atoms. The number of nitrogens with one attached hydrogen (secondary N) is 1. The van der Waals surface area contributed by atoms with Crippen molar-refractivity contribution in [2.75, 3.05) is 5.32 Å². The topological polar surface area (TPSA) is 84.2 Å². The van der Waals surface area contributed by atoms with Crippen molar-refractivity contribution in [3.63, 3.8) is 0 Å². The van der Waals surface area contributed by atoms with Gasteiger partial charge in [-0.2, -0.15) is 5.10 Å². The lowest BCUT2D eigenvalue weighted by Gasteiger charge is -2.07. The van der Waals surface area contributed by atoms with E-state index >= 15 is 0 Å². The molecule has 122 valence electrons. The molecule has 0 fully saturated rings. The summed E-state index contributed by atoms with van der Waals surface area (Å²) in [6.45, 7) is 4.23. The Hall–Kier alpha value is -2.34. The highest BCUT2D eigenvalue weighted by atomic mass is 35.5. The van der Waals surface area contributed by atoms with E-state index in [1.54, 1.807) is 11.6 Å². The molecule has 0 spiro atoms. The second-order valence-corrected chi connectivity index (χ2v) is 5.71. The molecule has 0 saturated carbocycles. The minimum atomic E-state index is -0.993. The van der Waals surface area contributed by atoms with E-state index in [2.05, 4.69) is 10.4 Å². The third-order valence-electron chi connectivity index (χ3n) is 3.46. The number of rotatable bonds is 6. The van der Waals surface area contributed by atoms with Crippen LogP contribution in [-0.2, 0) is 16.1 Å². The highest BCUT2D eigenvalue weighted by Gasteiger charge is 2.15. The zero-order valence-electron chi connectivity index (χ0n) is 13.0. The molecule has 0 radical (unpaired) electrons. The van der Waals surface area contributed by atoms with Crippen molar-refractivity contribution in [3.05, 3.63) is 46.2 Å². The zero-order valence-corrected chi connectivity index (χ0v) is 13.7. The number of benzene rings is 1. The number of amides is 1. The van der Waals surface area contributed by atoms with Crippen LogP contribution in [0.1, 0.15) is 29.8 Å². The first-order chi connectivity index (χ1) is 10.9. The first kappa shape index (κ1) is 17.0. The maximum atomic E-state index is 11.8. The summed E-state index contributed by atoms with van der Waals surface area (Å²) in [4.78, 5) is 22.3. The van der Waals surface area contributed by atoms with Gasteiger partial charge in [0.2, 0.25) is 5.91 Å². The number of carbonyl (C=O) groups is 2. The first-order valence-corrected chi connectivity index (χ1v) is 7.54. The van der Waals surface area contributed by atoms with Gasteiger partial charge in [0.05, 0.1) is 30.0 Å². The van der Waals surface area contributed by atoms with Gasteiger partial charge < -0.3 is 10.4 Å². The minimum absolute atomic E-state index is 0.0590. The number of hydrogen-bond donors (Lipinski definition) is 2. The molecular formula is C16H18ClN3O3. The normalized spacial score (nSPS) is 10.6. The van der Waals surface area contributed by atoms with Gasteiger partial charge in [-0.25, -0.2) is 0 Å². The second-order valence-electron chi connectivity index (χ2n) is 5.27. The Morgan fingerprint density at radius 1 is 1.22 bits per heavy atom. The number of aliphatic carboxylic acids is 1. The van der Waals surface area contributed by atoms with Crippen molar-refractivity contribution in [2.24, 2.45) is 0 Å². The molecule has 6 nitrogen and oxygen atoms in total. The second kappa shape index (κ2) is 7.28. The van der Waals surface area contributed by atoms with Crippen LogP contribution in [0.2, 0.25) is 5.02 Å². The molecule has 0 atom stereocenters. The van der Waals surface area contributed by atoms with Crippen molar-refractivity contribution in [2.45, 2.75) is 33.2 Å². The number of nitrogens with zero attached hydrogens (tertiary/aromatic N) is 2. The molecule has 0 unspecified atom stereocenters. The van der Waals surface area contributed by atoms with Crippen LogP contribution in [0.25, 0.3) is 0 Å². The van der Waals surface area contributed by atoms with Crippen LogP contribution in [0, 0.1) is 13.8 Å². The fraction of sp³-hybridized carbons (Fsp3) is 0.312. The fourth-order valence-electron chi connectivity index (χ4n) is 2.22. The lowest BCUT2D eigenvalue weighted by molar-refractivity contribution is -0.138. The van der Waals surface area contributed by atoms with Crippen LogP contribution in [-0.4, -0.2) is 26.8 Å². The molecule has 1 aromatic heterocycles. The molecule has 7 heteroatoms. The van der Waals surface area contributed by atoms with Gasteiger partial charge in [0.1, 0.15) is 0 Å². The number of aryl methyl sites for hydroxylation is 1. The molecule has 2 aromatic rings. The van der Waals surface area contributed by atoms with E-state index in [1.165, 1.54) is 0 Å². The van der Waals surface area contributed by atoms with E-state index in [-0.39, 0.29) is 18.7 Å². The Bertz CT molecular complexity index is 723. The van der Waals surface area contributed by atoms with E-state index in [0.29, 0.717) is 22.9 Å². The van der Waals surface area contributed by atoms with Crippen LogP contribution in [0.4, 0.5) is 5.69 Å². The van der Waals surface area contributed by atoms with Crippen molar-refractivity contribution >= 4 is 29.2 Å². The molecule has 2 rings (SSSR count). The Kier molecular flexibility index (Phi) is 5.39. The largest absolute Gasteiger partial charge is 0.481 e. The summed E-state index contributed by atoms with van der Waals surface area (Å²) in [6, 6.07) is 7.47. The highest BCUT2D eigenvalue weighted by molar-refractivity contribution is 6.30. The summed E-state index contributed by atoms with van der Waals surface area (Å²) in [5.41, 5.74) is 3.19. The highest BCUT2D eigenvalue weighted by Crippen LogP contribution is 2.21. The van der Waals surface area contributed by atoms with Crippen molar-refractivity contribution in [1.29, 1.82) is 0 Å². The molecule has 23 heavy (non-hydrogen) atoms. The number of carboxylic acid groups (broad SMARTS) is 1. The number of hydrogen-bond acceptors (Lipinski definition) is 3. The van der Waals surface area contributed by atoms with E-state index in [9.17, 15) is 9.59 Å². The third kappa shape index (κ3) is 4.56. The Labute approximate surface area is 139 Å². The molecule has 1 aromatic carbocycles. The molecule has 1 heterocycles. The van der Waals surface area contributed by atoms with Gasteiger partial charge in [-0.1, -0.05) is 23.7 Å². The first-order valence-electron chi connectivity index (χ1n) is 7.17. The average molecular weight is 336 g/mol. The Morgan fingerprint density at radius 2 is 1.87 bits per heavy atom. The van der Waals surface area contributed by atoms with E-state index in [1.807, 2.05) is 31.2 Å². The van der Waals surface area contributed by atoms with Crippen LogP contribution in [0.3, 0.4) is 0 Å². The smallest absolute Gasteiger partial charge is 0.303 e. The number of carbonyl (C=O) groups excluding carboxylic acids is 1. The van der Waals surface area contributed by atoms with Gasteiger partial charge in [0.15, 0.2) is 0 Å². The van der Waals surface area contributed by atoms with Crippen molar-refractivity contribution in [3.8, 4) is 0 Å². The standard InChI is InChI=1S/C16H18ClN3O3/c1-10-16(18-14(21)7-8-15(22)23)11(2)20(19-10)9-12-3-5-13(17)6-4-12/h3-6H,7-9H2,1-2H3,(H,18,21)(H,22,23). The summed E-state index contributed by atoms with van der Waals surface area (Å²) in [7, 11) is 0. The summed E-state index contributed by atoms with van der Waals surface area (Å²) >= 11 is 5.87. The maximum Gasteiger partial charge on any atom is 0.303 e. The molecule has 2 N–H and O–H groups in total. The summed E-state index contributed by atoms with van der Waals surface area (Å²) in [6.07, 6.45) is -0.251. The molecule has 0 saturated heterocycles. The van der Waals surface area contributed by atoms with Crippen LogP contribution < -0.4 is 5.32 Å². The van der Waals surface area contributed by atoms with Gasteiger partial charge in [-0.3, -0.25) is 14.3 Å². The SMILES string of the molecule is Cc1nn(Cc2ccc(Cl)cc2)c(C)c1NC(=O)CCC(=O)O. The van der Waals surface area contributed by atoms with Gasteiger partial charge in [-0.05, 0) is 31.5 Å². The average Bonchev–Trinajstić information content (AvgIpc) is 2.75. The maximum absolute atomic E-state index is 11.8. The molecule has 0 aliphatic heterocycles. The van der Waals surface area contributed by atoms with Gasteiger partial charge >= 0.3 is 5.97 Å². The zero-order chi connectivity index (χ0) is 17.0. The van der Waals surface area contributed by atoms with E-state index in [4.69, 9.17) is 16.7 Å². The lowest BCUT2D eigenvalue weighted by Crippen LogP contribution is -2.14. The molecule has 0 aliphatic rings. The predicted molar refractivity (Wildman–Crippen MR) is 87.8 cm³/mol. The van der Waals surface area contributed by atoms with Gasteiger partial charge in [-0.15, -0.1) is 0 Å². The van der Waals surface area contributed by atoms with Crippen molar-refractivity contribution in [1.82, 2.24) is 9.78 Å². The summed E-state index contributed by atoms with van der Waals surface area (Å²) in [5.74, 6) is -1.32. The molecular weight excluding hydrogens is 318 g/mol. The fourth-order valence-corrected chi connectivity index (χ4v) is 2.34. The number of halogens is 1. The minimum Gasteiger partial charge on any atom is -0.481 e. The predicted octanol–water partition coefficient (Wildman–Crippen LogP) is 3.00.